The van der Waals surface area contributed by atoms with Crippen molar-refractivity contribution in [2.75, 3.05) is 14.2 Å². The van der Waals surface area contributed by atoms with Crippen molar-refractivity contribution in [2.24, 2.45) is 10.8 Å². The van der Waals surface area contributed by atoms with E-state index in [-0.39, 0.29) is 0 Å². The van der Waals surface area contributed by atoms with Gasteiger partial charge in [-0.3, -0.25) is 0 Å². The molecular formula is C19H22N2O4SeSi. The van der Waals surface area contributed by atoms with Gasteiger partial charge in [0.25, 0.3) is 0 Å². The summed E-state index contributed by atoms with van der Waals surface area (Å²) in [7, 11) is -0.471. The number of rotatable bonds is 5. The van der Waals surface area contributed by atoms with Crippen molar-refractivity contribution < 1.29 is 20.4 Å². The molecule has 0 unspecified atom stereocenters. The molecule has 0 heterocycles. The molecule has 0 aromatic heterocycles. The van der Waals surface area contributed by atoms with Crippen LogP contribution in [-0.2, 0) is 19.1 Å². The van der Waals surface area contributed by atoms with Crippen LogP contribution in [-0.4, -0.2) is 49.2 Å². The summed E-state index contributed by atoms with van der Waals surface area (Å²) in [5.74, 6) is -2.11. The topological polar surface area (TPSA) is 100 Å². The summed E-state index contributed by atoms with van der Waals surface area (Å²) in [5.41, 5.74) is -5.99. The van der Waals surface area contributed by atoms with Gasteiger partial charge in [-0.25, -0.2) is 0 Å². The van der Waals surface area contributed by atoms with Crippen LogP contribution in [0, 0.1) is 33.5 Å². The minimum atomic E-state index is -2.65. The van der Waals surface area contributed by atoms with Gasteiger partial charge < -0.3 is 0 Å². The van der Waals surface area contributed by atoms with Gasteiger partial charge in [0.05, 0.1) is 0 Å². The quantitative estimate of drug-likeness (QED) is 0.386. The number of hydrogen-bond donors (Lipinski definition) is 0. The Balaban J connectivity index is 2.86. The van der Waals surface area contributed by atoms with Crippen LogP contribution < -0.4 is 4.46 Å². The summed E-state index contributed by atoms with van der Waals surface area (Å²) in [6.45, 7) is 5.56. The molecule has 0 saturated heterocycles. The second kappa shape index (κ2) is 7.48. The number of ether oxygens (including phenoxy) is 2. The molecule has 0 N–H and O–H groups in total. The molecule has 0 radical (unpaired) electrons. The first kappa shape index (κ1) is 19.6. The number of carbonyl (C=O) groups excluding carboxylic acids is 2. The fourth-order valence-electron chi connectivity index (χ4n) is 3.72. The standard InChI is InChI=1S/C19H22N2O4SeSi/c1-24-16(22)19(17(23)25-2)15(27(3,4)5)14(18(19,11-20)12-21)26-13-9-7-6-8-10-13/h6-10,14-15H,1-5H3/t14-,15-/m1/s1/i15D. The molecule has 1 aromatic rings. The zero-order valence-corrected chi connectivity index (χ0v) is 18.6. The van der Waals surface area contributed by atoms with Gasteiger partial charge in [0.15, 0.2) is 0 Å². The maximum atomic E-state index is 13.0. The first-order valence-corrected chi connectivity index (χ1v) is 13.6. The molecule has 1 aliphatic carbocycles. The second-order valence-electron chi connectivity index (χ2n) is 7.24. The summed E-state index contributed by atoms with van der Waals surface area (Å²) in [6, 6.07) is 13.1. The van der Waals surface area contributed by atoms with Gasteiger partial charge in [-0.1, -0.05) is 0 Å². The third-order valence-electron chi connectivity index (χ3n) is 4.79. The van der Waals surface area contributed by atoms with E-state index >= 15 is 0 Å². The van der Waals surface area contributed by atoms with Crippen LogP contribution in [0.15, 0.2) is 30.3 Å². The Morgan fingerprint density at radius 1 is 1.11 bits per heavy atom. The van der Waals surface area contributed by atoms with Gasteiger partial charge >= 0.3 is 168 Å². The van der Waals surface area contributed by atoms with E-state index in [4.69, 9.17) is 9.47 Å². The molecule has 1 aliphatic rings. The van der Waals surface area contributed by atoms with Crippen molar-refractivity contribution in [3.05, 3.63) is 30.3 Å². The molecule has 1 saturated carbocycles. The predicted molar refractivity (Wildman–Crippen MR) is 103 cm³/mol. The second-order valence-corrected chi connectivity index (χ2v) is 14.8. The molecule has 27 heavy (non-hydrogen) atoms. The molecule has 8 heteroatoms. The summed E-state index contributed by atoms with van der Waals surface area (Å²) in [5, 5.41) is 20.1. The maximum absolute atomic E-state index is 13.0. The normalized spacial score (nSPS) is 25.7. The summed E-state index contributed by atoms with van der Waals surface area (Å²) in [4.78, 5) is 25.2. The monoisotopic (exact) mass is 451 g/mol. The summed E-state index contributed by atoms with van der Waals surface area (Å²) < 4.78 is 20.1. The van der Waals surface area contributed by atoms with E-state index in [0.717, 1.165) is 18.7 Å². The molecule has 1 fully saturated rings. The first-order chi connectivity index (χ1) is 13.0. The number of hydrogen-bond acceptors (Lipinski definition) is 6. The Hall–Kier alpha value is -2.12. The van der Waals surface area contributed by atoms with E-state index in [1.54, 1.807) is 0 Å². The van der Waals surface area contributed by atoms with Crippen molar-refractivity contribution in [2.45, 2.75) is 30.0 Å². The molecule has 0 aliphatic heterocycles. The van der Waals surface area contributed by atoms with Crippen LogP contribution in [0.25, 0.3) is 0 Å². The predicted octanol–water partition coefficient (Wildman–Crippen LogP) is 1.89. The molecule has 6 nitrogen and oxygen atoms in total. The minimum absolute atomic E-state index is 0.500. The zero-order valence-electron chi connectivity index (χ0n) is 16.9. The Bertz CT molecular complexity index is 845. The zero-order chi connectivity index (χ0) is 21.4. The average molecular weight is 450 g/mol. The molecule has 0 bridgehead atoms. The SMILES string of the molecule is [2H][C@@]1([Si](C)(C)C)[C@@H]([Se]c2ccccc2)C(C#N)(C#N)C1(C(=O)OC)C(=O)OC. The number of carbonyl (C=O) groups is 2. The Kier molecular flexibility index (Phi) is 5.44. The molecular weight excluding hydrogens is 427 g/mol. The van der Waals surface area contributed by atoms with Gasteiger partial charge in [-0.2, -0.15) is 0 Å². The van der Waals surface area contributed by atoms with E-state index in [9.17, 15) is 21.5 Å². The number of esters is 2. The van der Waals surface area contributed by atoms with Crippen molar-refractivity contribution in [3.63, 3.8) is 0 Å². The number of benzene rings is 1. The number of nitriles is 2. The number of methoxy groups -OCH3 is 2. The Morgan fingerprint density at radius 2 is 1.59 bits per heavy atom. The van der Waals surface area contributed by atoms with Crippen molar-refractivity contribution in [1.29, 1.82) is 10.5 Å². The van der Waals surface area contributed by atoms with Crippen LogP contribution in [0.5, 0.6) is 0 Å². The molecule has 2 atom stereocenters. The molecule has 0 spiro atoms. The molecule has 0 amide bonds. The third-order valence-corrected chi connectivity index (χ3v) is 10.4. The van der Waals surface area contributed by atoms with Crippen LogP contribution in [0.4, 0.5) is 0 Å². The van der Waals surface area contributed by atoms with Gasteiger partial charge in [0.1, 0.15) is 0 Å². The van der Waals surface area contributed by atoms with Gasteiger partial charge in [-0.05, 0) is 0 Å². The third kappa shape index (κ3) is 2.89. The fraction of sp³-hybridized carbons (Fsp3) is 0.474. The van der Waals surface area contributed by atoms with E-state index in [0.29, 0.717) is 0 Å². The summed E-state index contributed by atoms with van der Waals surface area (Å²) >= 11 is -0.500. The van der Waals surface area contributed by atoms with Crippen molar-refractivity contribution >= 4 is 39.4 Å². The van der Waals surface area contributed by atoms with Crippen molar-refractivity contribution in [1.82, 2.24) is 0 Å². The van der Waals surface area contributed by atoms with Gasteiger partial charge in [-0.15, -0.1) is 0 Å². The van der Waals surface area contributed by atoms with Crippen LogP contribution in [0.1, 0.15) is 1.37 Å². The summed E-state index contributed by atoms with van der Waals surface area (Å²) in [6.07, 6.45) is 0. The fourth-order valence-corrected chi connectivity index (χ4v) is 11.6. The van der Waals surface area contributed by atoms with E-state index in [1.165, 1.54) is 0 Å². The van der Waals surface area contributed by atoms with Gasteiger partial charge in [0.2, 0.25) is 0 Å². The average Bonchev–Trinajstić information content (AvgIpc) is 2.68. The Morgan fingerprint density at radius 3 is 1.96 bits per heavy atom. The van der Waals surface area contributed by atoms with E-state index < -0.39 is 56.1 Å². The van der Waals surface area contributed by atoms with Crippen LogP contribution in [0.3, 0.4) is 0 Å². The Labute approximate surface area is 168 Å². The first-order valence-electron chi connectivity index (χ1n) is 8.76. The van der Waals surface area contributed by atoms with E-state index in [1.807, 2.05) is 62.1 Å². The number of nitrogens with zero attached hydrogens (tertiary/aromatic N) is 2. The molecule has 142 valence electrons. The molecule has 1 aromatic carbocycles. The van der Waals surface area contributed by atoms with Crippen molar-refractivity contribution in [3.8, 4) is 12.1 Å². The van der Waals surface area contributed by atoms with Crippen LogP contribution >= 0.6 is 0 Å². The van der Waals surface area contributed by atoms with Gasteiger partial charge in [0, 0.05) is 0 Å². The molecule has 2 rings (SSSR count). The van der Waals surface area contributed by atoms with E-state index in [2.05, 4.69) is 0 Å². The van der Waals surface area contributed by atoms with Crippen LogP contribution in [0.2, 0.25) is 30.0 Å².